The number of nitrogens with zero attached hydrogens (tertiary/aromatic N) is 3. The van der Waals surface area contributed by atoms with Crippen LogP contribution in [0.15, 0.2) is 35.3 Å². The van der Waals surface area contributed by atoms with Crippen LogP contribution in [0.5, 0.6) is 0 Å². The number of carboxylic acid groups (broad SMARTS) is 3. The highest BCUT2D eigenvalue weighted by Crippen LogP contribution is 2.13. The molecule has 18 N–H and O–H groups in total. The van der Waals surface area contributed by atoms with Crippen LogP contribution in [0, 0.1) is 5.41 Å². The Morgan fingerprint density at radius 1 is 0.754 bits per heavy atom. The fraction of sp³-hybridized carbons (Fsp3) is 0.405. The number of nitrogens with one attached hydrogen (secondary N) is 9. The second kappa shape index (κ2) is 24.2. The van der Waals surface area contributed by atoms with Crippen LogP contribution in [0.3, 0.4) is 0 Å². The molecule has 0 unspecified atom stereocenters. The molecule has 0 aliphatic heterocycles. The number of aromatic nitrogens is 4. The summed E-state index contributed by atoms with van der Waals surface area (Å²) in [5, 5.41) is 52.2. The lowest BCUT2D eigenvalue weighted by Crippen LogP contribution is -2.58. The SMILES string of the molecule is C[C@H](CCC(=O)N[C@@H](CC(=O)O)C(=O)N[C@@H](CCCNC(=N)N)C(=O)N[C@@H](CC(=O)O)C(=O)N[C@@H](CC(=O)O)C(N)=O)NC(=O)c1ccc(NCc2cnc3nc(N)[nH]c(=O)c3n2)cc1. The largest absolute Gasteiger partial charge is 0.481 e. The molecule has 28 nitrogen and oxygen atoms in total. The molecule has 0 spiro atoms. The van der Waals surface area contributed by atoms with E-state index in [1.165, 1.54) is 18.3 Å². The Hall–Kier alpha value is -8.46. The van der Waals surface area contributed by atoms with Gasteiger partial charge < -0.3 is 69.7 Å². The summed E-state index contributed by atoms with van der Waals surface area (Å²) in [5.74, 6) is -11.4. The third-order valence-electron chi connectivity index (χ3n) is 8.99. The van der Waals surface area contributed by atoms with Gasteiger partial charge in [0.1, 0.15) is 24.2 Å². The molecule has 1 aromatic carbocycles. The van der Waals surface area contributed by atoms with E-state index < -0.39 is 114 Å². The van der Waals surface area contributed by atoms with Crippen molar-refractivity contribution in [3.63, 3.8) is 0 Å². The first-order valence-electron chi connectivity index (χ1n) is 19.5. The molecule has 0 fully saturated rings. The number of amides is 6. The Bertz CT molecular complexity index is 2340. The molecule has 0 saturated carbocycles. The monoisotopic (exact) mass is 911 g/mol. The molecule has 0 saturated heterocycles. The van der Waals surface area contributed by atoms with Crippen LogP contribution in [0.4, 0.5) is 11.6 Å². The number of carbonyl (C=O) groups is 9. The summed E-state index contributed by atoms with van der Waals surface area (Å²) >= 11 is 0. The number of fused-ring (bicyclic) bond motifs is 1. The average Bonchev–Trinajstić information content (AvgIpc) is 3.21. The Balaban J connectivity index is 1.61. The summed E-state index contributed by atoms with van der Waals surface area (Å²) < 4.78 is 0. The van der Waals surface area contributed by atoms with Crippen LogP contribution >= 0.6 is 0 Å². The highest BCUT2D eigenvalue weighted by atomic mass is 16.4. The number of primary amides is 1. The number of hydrogen-bond donors (Lipinski definition) is 15. The summed E-state index contributed by atoms with van der Waals surface area (Å²) in [5.41, 5.74) is 16.8. The number of guanidine groups is 1. The topological polar surface area (TPSA) is 472 Å². The highest BCUT2D eigenvalue weighted by Gasteiger charge is 2.33. The first kappa shape index (κ1) is 50.9. The normalized spacial score (nSPS) is 13.1. The van der Waals surface area contributed by atoms with Crippen molar-refractivity contribution in [3.05, 3.63) is 52.1 Å². The zero-order valence-corrected chi connectivity index (χ0v) is 34.6. The van der Waals surface area contributed by atoms with Crippen molar-refractivity contribution >= 4 is 82.1 Å². The third-order valence-corrected chi connectivity index (χ3v) is 8.99. The van der Waals surface area contributed by atoms with E-state index in [1.807, 2.05) is 5.32 Å². The smallest absolute Gasteiger partial charge is 0.305 e. The van der Waals surface area contributed by atoms with Gasteiger partial charge in [-0.15, -0.1) is 0 Å². The predicted molar refractivity (Wildman–Crippen MR) is 225 cm³/mol. The minimum atomic E-state index is -1.93. The van der Waals surface area contributed by atoms with Gasteiger partial charge >= 0.3 is 17.9 Å². The number of anilines is 2. The summed E-state index contributed by atoms with van der Waals surface area (Å²) in [4.78, 5) is 139. The van der Waals surface area contributed by atoms with Gasteiger partial charge in [-0.1, -0.05) is 0 Å². The fourth-order valence-corrected chi connectivity index (χ4v) is 5.76. The maximum atomic E-state index is 13.5. The molecule has 2 heterocycles. The number of carbonyl (C=O) groups excluding carboxylic acids is 6. The van der Waals surface area contributed by atoms with Gasteiger partial charge in [0.2, 0.25) is 35.5 Å². The standard InChI is InChI=1S/C37H49N15O13/c1-16(45-31(61)17-5-7-18(8-6-17)43-14-19-15-44-30-28(46-19)35(65)52-37(41)51-30)4-9-24(53)47-22(12-26(56)57)33(63)48-20(3-2-10-42-36(39)40)32(62)50-23(13-27(58)59)34(64)49-21(29(38)60)11-25(54)55/h5-8,15-16,20-23,43H,2-4,9-14H2,1H3,(H2,38,60)(H,45,61)(H,47,53)(H,48,63)(H,49,64)(H,50,62)(H,54,55)(H,56,57)(H,58,59)(H4,39,40,42)(H3,41,44,51,52,65)/t16-,20+,21+,22+,23+/m1/s1. The van der Waals surface area contributed by atoms with Gasteiger partial charge in [0, 0.05) is 30.3 Å². The molecule has 5 atom stereocenters. The number of carboxylic acids is 3. The molecule has 0 aliphatic carbocycles. The Kier molecular flexibility index (Phi) is 19.0. The summed E-state index contributed by atoms with van der Waals surface area (Å²) in [6.07, 6.45) is -2.11. The molecular weight excluding hydrogens is 862 g/mol. The van der Waals surface area contributed by atoms with E-state index in [1.54, 1.807) is 19.1 Å². The van der Waals surface area contributed by atoms with Crippen LogP contribution in [0.1, 0.15) is 67.9 Å². The molecule has 28 heteroatoms. The minimum absolute atomic E-state index is 0.0115. The van der Waals surface area contributed by atoms with Gasteiger partial charge in [-0.05, 0) is 50.5 Å². The van der Waals surface area contributed by atoms with Crippen molar-refractivity contribution < 1.29 is 58.5 Å². The van der Waals surface area contributed by atoms with Crippen molar-refractivity contribution in [3.8, 4) is 0 Å². The van der Waals surface area contributed by atoms with E-state index in [0.29, 0.717) is 11.4 Å². The molecule has 0 radical (unpaired) electrons. The van der Waals surface area contributed by atoms with Crippen LogP contribution in [-0.2, 0) is 44.9 Å². The third kappa shape index (κ3) is 17.4. The first-order valence-corrected chi connectivity index (χ1v) is 19.5. The van der Waals surface area contributed by atoms with Crippen molar-refractivity contribution in [2.24, 2.45) is 11.5 Å². The highest BCUT2D eigenvalue weighted by molar-refractivity contribution is 5.98. The number of nitrogen functional groups attached to an aromatic ring is 1. The number of aromatic amines is 1. The molecule has 0 bridgehead atoms. The van der Waals surface area contributed by atoms with Crippen molar-refractivity contribution in [1.29, 1.82) is 5.41 Å². The lowest BCUT2D eigenvalue weighted by molar-refractivity contribution is -0.143. The molecule has 65 heavy (non-hydrogen) atoms. The number of hydrogen-bond acceptors (Lipinski definition) is 16. The van der Waals surface area contributed by atoms with E-state index in [-0.39, 0.29) is 61.4 Å². The fourth-order valence-electron chi connectivity index (χ4n) is 5.76. The van der Waals surface area contributed by atoms with Crippen LogP contribution in [0.2, 0.25) is 0 Å². The number of rotatable bonds is 26. The minimum Gasteiger partial charge on any atom is -0.481 e. The number of aliphatic carboxylic acids is 3. The van der Waals surface area contributed by atoms with Gasteiger partial charge in [0.25, 0.3) is 11.5 Å². The van der Waals surface area contributed by atoms with Crippen molar-refractivity contribution in [2.75, 3.05) is 17.6 Å². The number of H-pyrrole nitrogens is 1. The van der Waals surface area contributed by atoms with Crippen LogP contribution in [0.25, 0.3) is 11.2 Å². The number of benzene rings is 1. The molecule has 2 aromatic heterocycles. The maximum Gasteiger partial charge on any atom is 0.305 e. The second-order valence-corrected chi connectivity index (χ2v) is 14.3. The Morgan fingerprint density at radius 3 is 1.89 bits per heavy atom. The van der Waals surface area contributed by atoms with Crippen molar-refractivity contribution in [2.45, 2.75) is 88.6 Å². The molecule has 3 aromatic rings. The molecular formula is C37H49N15O13. The molecule has 3 rings (SSSR count). The summed E-state index contributed by atoms with van der Waals surface area (Å²) in [6, 6.07) is -1.40. The van der Waals surface area contributed by atoms with Crippen LogP contribution in [-0.4, -0.2) is 131 Å². The van der Waals surface area contributed by atoms with Gasteiger partial charge in [-0.3, -0.25) is 58.3 Å². The quantitative estimate of drug-likeness (QED) is 0.0207. The van der Waals surface area contributed by atoms with Gasteiger partial charge in [0.05, 0.1) is 37.7 Å². The van der Waals surface area contributed by atoms with E-state index in [0.717, 1.165) is 0 Å². The van der Waals surface area contributed by atoms with Crippen molar-refractivity contribution in [1.82, 2.24) is 51.8 Å². The zero-order valence-electron chi connectivity index (χ0n) is 34.6. The van der Waals surface area contributed by atoms with E-state index >= 15 is 0 Å². The lowest BCUT2D eigenvalue weighted by Gasteiger charge is -2.25. The Morgan fingerprint density at radius 2 is 1.31 bits per heavy atom. The van der Waals surface area contributed by atoms with Gasteiger partial charge in [0.15, 0.2) is 17.1 Å². The number of nitrogens with two attached hydrogens (primary N) is 3. The van der Waals surface area contributed by atoms with E-state index in [9.17, 15) is 58.2 Å². The lowest BCUT2D eigenvalue weighted by atomic mass is 10.1. The van der Waals surface area contributed by atoms with Gasteiger partial charge in [-0.2, -0.15) is 4.98 Å². The Labute approximate surface area is 367 Å². The predicted octanol–water partition coefficient (Wildman–Crippen LogP) is -4.08. The summed E-state index contributed by atoms with van der Waals surface area (Å²) in [7, 11) is 0. The molecule has 6 amide bonds. The van der Waals surface area contributed by atoms with Crippen LogP contribution < -0.4 is 60.0 Å². The molecule has 350 valence electrons. The zero-order chi connectivity index (χ0) is 48.4. The second-order valence-electron chi connectivity index (χ2n) is 14.3. The average molecular weight is 912 g/mol. The van der Waals surface area contributed by atoms with E-state index in [4.69, 9.17) is 27.7 Å². The van der Waals surface area contributed by atoms with E-state index in [2.05, 4.69) is 51.8 Å². The van der Waals surface area contributed by atoms with Gasteiger partial charge in [-0.25, -0.2) is 9.97 Å². The summed E-state index contributed by atoms with van der Waals surface area (Å²) in [6.45, 7) is 1.76. The first-order chi connectivity index (χ1) is 30.6. The maximum absolute atomic E-state index is 13.5. The molecule has 0 aliphatic rings.